The highest BCUT2D eigenvalue weighted by Gasteiger charge is 2.35. The lowest BCUT2D eigenvalue weighted by Crippen LogP contribution is -2.42. The molecule has 1 aromatic rings. The summed E-state index contributed by atoms with van der Waals surface area (Å²) in [5.41, 5.74) is 0.345. The second kappa shape index (κ2) is 6.72. The van der Waals surface area contributed by atoms with E-state index >= 15 is 0 Å². The van der Waals surface area contributed by atoms with Gasteiger partial charge in [-0.05, 0) is 32.3 Å². The monoisotopic (exact) mass is 280 g/mol. The van der Waals surface area contributed by atoms with Crippen molar-refractivity contribution in [3.8, 4) is 0 Å². The first-order valence-electron chi connectivity index (χ1n) is 7.94. The van der Waals surface area contributed by atoms with Crippen LogP contribution >= 0.6 is 0 Å². The van der Waals surface area contributed by atoms with Crippen LogP contribution in [0.25, 0.3) is 0 Å². The molecule has 3 unspecified atom stereocenters. The van der Waals surface area contributed by atoms with Crippen LogP contribution in [-0.4, -0.2) is 33.2 Å². The average Bonchev–Trinajstić information content (AvgIpc) is 2.86. The Bertz CT molecular complexity index is 416. The fourth-order valence-electron chi connectivity index (χ4n) is 2.91. The van der Waals surface area contributed by atoms with Crippen LogP contribution in [-0.2, 0) is 11.2 Å². The summed E-state index contributed by atoms with van der Waals surface area (Å²) in [5, 5.41) is 15.4. The van der Waals surface area contributed by atoms with Gasteiger partial charge in [0.1, 0.15) is 0 Å². The van der Waals surface area contributed by atoms with Crippen LogP contribution < -0.4 is 0 Å². The molecule has 0 saturated carbocycles. The van der Waals surface area contributed by atoms with E-state index in [4.69, 9.17) is 4.74 Å². The van der Waals surface area contributed by atoms with Crippen LogP contribution in [0.4, 0.5) is 0 Å². The molecule has 0 radical (unpaired) electrons. The zero-order valence-corrected chi connectivity index (χ0v) is 13.0. The van der Waals surface area contributed by atoms with Crippen molar-refractivity contribution in [2.24, 2.45) is 0 Å². The number of aliphatic hydroxyl groups is 1. The van der Waals surface area contributed by atoms with Gasteiger partial charge in [0.15, 0.2) is 0 Å². The molecule has 2 rings (SSSR count). The molecule has 1 N–H and O–H groups in total. The number of ether oxygens (including phenoxy) is 1. The molecule has 1 fully saturated rings. The molecule has 1 aliphatic heterocycles. The molecule has 1 aromatic heterocycles. The van der Waals surface area contributed by atoms with E-state index < -0.39 is 5.60 Å². The molecule has 1 aliphatic rings. The molecular formula is C16H28N2O2. The Morgan fingerprint density at radius 3 is 3.05 bits per heavy atom. The first-order chi connectivity index (χ1) is 9.56. The molecule has 0 bridgehead atoms. The van der Waals surface area contributed by atoms with Gasteiger partial charge >= 0.3 is 0 Å². The number of aromatic nitrogens is 2. The summed E-state index contributed by atoms with van der Waals surface area (Å²) in [4.78, 5) is 0. The lowest BCUT2D eigenvalue weighted by Gasteiger charge is -2.36. The van der Waals surface area contributed by atoms with E-state index in [1.54, 1.807) is 0 Å². The van der Waals surface area contributed by atoms with Gasteiger partial charge in [0.2, 0.25) is 0 Å². The molecule has 0 amide bonds. The molecule has 0 aliphatic carbocycles. The third kappa shape index (κ3) is 3.83. The van der Waals surface area contributed by atoms with Crippen LogP contribution in [0.3, 0.4) is 0 Å². The minimum absolute atomic E-state index is 0.204. The van der Waals surface area contributed by atoms with E-state index in [-0.39, 0.29) is 6.10 Å². The predicted octanol–water partition coefficient (Wildman–Crippen LogP) is 3.11. The first-order valence-corrected chi connectivity index (χ1v) is 7.94. The lowest BCUT2D eigenvalue weighted by molar-refractivity contribution is -0.105. The van der Waals surface area contributed by atoms with Crippen LogP contribution in [0, 0.1) is 0 Å². The van der Waals surface area contributed by atoms with Crippen molar-refractivity contribution in [2.75, 3.05) is 6.61 Å². The van der Waals surface area contributed by atoms with Crippen molar-refractivity contribution < 1.29 is 9.84 Å². The Hall–Kier alpha value is -0.870. The molecule has 114 valence electrons. The molecule has 3 atom stereocenters. The molecule has 0 aromatic carbocycles. The van der Waals surface area contributed by atoms with Crippen molar-refractivity contribution in [2.45, 2.75) is 77.0 Å². The molecule has 20 heavy (non-hydrogen) atoms. The van der Waals surface area contributed by atoms with Crippen molar-refractivity contribution in [3.05, 3.63) is 18.0 Å². The highest BCUT2D eigenvalue weighted by Crippen LogP contribution is 2.30. The standard InChI is InChI=1S/C16H28N2O2/c1-4-6-15-12-16(19,8-10-20-15)11-14-7-9-18(17-14)13(3)5-2/h7,9,13,15,19H,4-6,8,10-12H2,1-3H3. The molecule has 2 heterocycles. The highest BCUT2D eigenvalue weighted by molar-refractivity contribution is 5.05. The summed E-state index contributed by atoms with van der Waals surface area (Å²) < 4.78 is 7.73. The van der Waals surface area contributed by atoms with E-state index in [2.05, 4.69) is 25.9 Å². The predicted molar refractivity (Wildman–Crippen MR) is 79.8 cm³/mol. The zero-order valence-electron chi connectivity index (χ0n) is 13.0. The minimum atomic E-state index is -0.646. The van der Waals surface area contributed by atoms with Gasteiger partial charge in [0.05, 0.1) is 17.4 Å². The minimum Gasteiger partial charge on any atom is -0.389 e. The average molecular weight is 280 g/mol. The van der Waals surface area contributed by atoms with E-state index in [0.717, 1.165) is 31.4 Å². The molecule has 4 nitrogen and oxygen atoms in total. The molecule has 1 saturated heterocycles. The maximum atomic E-state index is 10.8. The topological polar surface area (TPSA) is 47.3 Å². The summed E-state index contributed by atoms with van der Waals surface area (Å²) in [7, 11) is 0. The van der Waals surface area contributed by atoms with Gasteiger partial charge in [-0.25, -0.2) is 0 Å². The zero-order chi connectivity index (χ0) is 14.6. The van der Waals surface area contributed by atoms with Gasteiger partial charge in [-0.2, -0.15) is 5.10 Å². The van der Waals surface area contributed by atoms with E-state index in [1.807, 2.05) is 16.9 Å². The Balaban J connectivity index is 1.98. The van der Waals surface area contributed by atoms with E-state index in [1.165, 1.54) is 0 Å². The fraction of sp³-hybridized carbons (Fsp3) is 0.812. The quantitative estimate of drug-likeness (QED) is 0.871. The molecular weight excluding hydrogens is 252 g/mol. The van der Waals surface area contributed by atoms with E-state index in [0.29, 0.717) is 25.5 Å². The summed E-state index contributed by atoms with van der Waals surface area (Å²) in [6.45, 7) is 7.14. The summed E-state index contributed by atoms with van der Waals surface area (Å²) >= 11 is 0. The largest absolute Gasteiger partial charge is 0.389 e. The Kier molecular flexibility index (Phi) is 5.22. The second-order valence-corrected chi connectivity index (χ2v) is 6.18. The van der Waals surface area contributed by atoms with Crippen molar-refractivity contribution >= 4 is 0 Å². The lowest BCUT2D eigenvalue weighted by atomic mass is 9.85. The fourth-order valence-corrected chi connectivity index (χ4v) is 2.91. The summed E-state index contributed by atoms with van der Waals surface area (Å²) in [6.07, 6.45) is 7.51. The normalized spacial score (nSPS) is 28.5. The highest BCUT2D eigenvalue weighted by atomic mass is 16.5. The van der Waals surface area contributed by atoms with Gasteiger partial charge in [0, 0.05) is 31.7 Å². The van der Waals surface area contributed by atoms with Gasteiger partial charge < -0.3 is 9.84 Å². The van der Waals surface area contributed by atoms with Crippen molar-refractivity contribution in [1.29, 1.82) is 0 Å². The molecule has 0 spiro atoms. The van der Waals surface area contributed by atoms with Crippen LogP contribution in [0.2, 0.25) is 0 Å². The third-order valence-corrected chi connectivity index (χ3v) is 4.36. The Labute approximate surface area is 122 Å². The Morgan fingerprint density at radius 2 is 2.35 bits per heavy atom. The first kappa shape index (κ1) is 15.5. The van der Waals surface area contributed by atoms with Crippen LogP contribution in [0.1, 0.15) is 64.6 Å². The summed E-state index contributed by atoms with van der Waals surface area (Å²) in [5.74, 6) is 0. The number of rotatable bonds is 6. The number of hydrogen-bond donors (Lipinski definition) is 1. The number of hydrogen-bond acceptors (Lipinski definition) is 3. The van der Waals surface area contributed by atoms with Crippen molar-refractivity contribution in [3.63, 3.8) is 0 Å². The van der Waals surface area contributed by atoms with E-state index in [9.17, 15) is 5.11 Å². The van der Waals surface area contributed by atoms with Gasteiger partial charge in [-0.3, -0.25) is 4.68 Å². The maximum Gasteiger partial charge on any atom is 0.0750 e. The SMILES string of the molecule is CCCC1CC(O)(Cc2ccn(C(C)CC)n2)CCO1. The smallest absolute Gasteiger partial charge is 0.0750 e. The van der Waals surface area contributed by atoms with Gasteiger partial charge in [-0.1, -0.05) is 20.3 Å². The number of nitrogens with zero attached hydrogens (tertiary/aromatic N) is 2. The third-order valence-electron chi connectivity index (χ3n) is 4.36. The Morgan fingerprint density at radius 1 is 1.55 bits per heavy atom. The molecule has 4 heteroatoms. The van der Waals surface area contributed by atoms with Crippen molar-refractivity contribution in [1.82, 2.24) is 9.78 Å². The van der Waals surface area contributed by atoms with Crippen LogP contribution in [0.15, 0.2) is 12.3 Å². The van der Waals surface area contributed by atoms with Gasteiger partial charge in [0.25, 0.3) is 0 Å². The van der Waals surface area contributed by atoms with Crippen LogP contribution in [0.5, 0.6) is 0 Å². The summed E-state index contributed by atoms with van der Waals surface area (Å²) in [6, 6.07) is 2.45. The van der Waals surface area contributed by atoms with Gasteiger partial charge in [-0.15, -0.1) is 0 Å². The second-order valence-electron chi connectivity index (χ2n) is 6.18. The maximum absolute atomic E-state index is 10.8.